The molecule has 1 N–H and O–H groups in total. The fraction of sp³-hybridized carbons (Fsp3) is 0.571. The molecule has 0 aromatic heterocycles. The predicted octanol–water partition coefficient (Wildman–Crippen LogP) is 1.40. The zero-order chi connectivity index (χ0) is 12.6. The Balaban J connectivity index is 1.80. The average Bonchev–Trinajstić information content (AvgIpc) is 2.86. The summed E-state index contributed by atoms with van der Waals surface area (Å²) in [5.74, 6) is 0.754. The van der Waals surface area contributed by atoms with Gasteiger partial charge >= 0.3 is 0 Å². The van der Waals surface area contributed by atoms with Gasteiger partial charge in [0.25, 0.3) is 0 Å². The predicted molar refractivity (Wildman–Crippen MR) is 72.3 cm³/mol. The molecule has 0 bridgehead atoms. The summed E-state index contributed by atoms with van der Waals surface area (Å²) in [6.07, 6.45) is 2.78. The van der Waals surface area contributed by atoms with E-state index in [4.69, 9.17) is 0 Å². The van der Waals surface area contributed by atoms with Crippen LogP contribution in [0, 0.1) is 5.41 Å². The second-order valence-electron chi connectivity index (χ2n) is 5.65. The Kier molecular flexibility index (Phi) is 2.94. The first-order valence-corrected chi connectivity index (χ1v) is 8.40. The molecule has 0 saturated carbocycles. The molecule has 2 heterocycles. The van der Waals surface area contributed by atoms with Gasteiger partial charge in [-0.2, -0.15) is 0 Å². The first-order valence-electron chi connectivity index (χ1n) is 6.57. The van der Waals surface area contributed by atoms with E-state index in [9.17, 15) is 8.42 Å². The van der Waals surface area contributed by atoms with Crippen molar-refractivity contribution in [1.82, 2.24) is 5.32 Å². The maximum absolute atomic E-state index is 11.8. The lowest BCUT2D eigenvalue weighted by atomic mass is 9.78. The van der Waals surface area contributed by atoms with Crippen molar-refractivity contribution >= 4 is 9.84 Å². The Bertz CT molecular complexity index is 526. The van der Waals surface area contributed by atoms with Gasteiger partial charge in [0.1, 0.15) is 0 Å². The summed E-state index contributed by atoms with van der Waals surface area (Å²) < 4.78 is 23.5. The Labute approximate surface area is 109 Å². The highest BCUT2D eigenvalue weighted by atomic mass is 32.2. The molecular weight excluding hydrogens is 246 g/mol. The third kappa shape index (κ3) is 2.19. The summed E-state index contributed by atoms with van der Waals surface area (Å²) in [5.41, 5.74) is 1.29. The molecule has 0 aliphatic carbocycles. The van der Waals surface area contributed by atoms with Gasteiger partial charge < -0.3 is 5.32 Å². The Hall–Kier alpha value is -0.870. The number of sulfone groups is 1. The van der Waals surface area contributed by atoms with Gasteiger partial charge in [-0.05, 0) is 31.4 Å². The molecule has 1 spiro atoms. The van der Waals surface area contributed by atoms with E-state index >= 15 is 0 Å². The minimum Gasteiger partial charge on any atom is -0.313 e. The molecule has 2 aliphatic rings. The van der Waals surface area contributed by atoms with Crippen LogP contribution in [0.25, 0.3) is 0 Å². The average molecular weight is 265 g/mol. The first kappa shape index (κ1) is 12.2. The Morgan fingerprint density at radius 1 is 1.22 bits per heavy atom. The lowest BCUT2D eigenvalue weighted by Gasteiger charge is -2.29. The lowest BCUT2D eigenvalue weighted by Crippen LogP contribution is -2.39. The van der Waals surface area contributed by atoms with Crippen LogP contribution in [0.5, 0.6) is 0 Å². The van der Waals surface area contributed by atoms with E-state index < -0.39 is 9.84 Å². The molecule has 2 saturated heterocycles. The number of benzene rings is 1. The number of hydrogen-bond acceptors (Lipinski definition) is 3. The highest BCUT2D eigenvalue weighted by Crippen LogP contribution is 2.42. The van der Waals surface area contributed by atoms with E-state index in [1.807, 2.05) is 18.2 Å². The molecule has 18 heavy (non-hydrogen) atoms. The molecule has 1 aromatic carbocycles. The molecule has 4 heteroatoms. The minimum atomic E-state index is -2.80. The zero-order valence-electron chi connectivity index (χ0n) is 10.4. The molecule has 3 nitrogen and oxygen atoms in total. The smallest absolute Gasteiger partial charge is 0.150 e. The molecule has 0 radical (unpaired) electrons. The third-order valence-corrected chi connectivity index (χ3v) is 6.29. The zero-order valence-corrected chi connectivity index (χ0v) is 11.2. The quantitative estimate of drug-likeness (QED) is 0.879. The molecule has 0 amide bonds. The SMILES string of the molecule is O=S1(=O)CCC2(CCNC2Cc2ccccc2)C1. The molecule has 2 unspecified atom stereocenters. The monoisotopic (exact) mass is 265 g/mol. The van der Waals surface area contributed by atoms with Crippen LogP contribution in [0.15, 0.2) is 30.3 Å². The Morgan fingerprint density at radius 2 is 2.00 bits per heavy atom. The van der Waals surface area contributed by atoms with Crippen LogP contribution >= 0.6 is 0 Å². The van der Waals surface area contributed by atoms with Crippen LogP contribution in [0.1, 0.15) is 18.4 Å². The van der Waals surface area contributed by atoms with Gasteiger partial charge in [0.15, 0.2) is 9.84 Å². The van der Waals surface area contributed by atoms with Gasteiger partial charge in [-0.25, -0.2) is 8.42 Å². The third-order valence-electron chi connectivity index (χ3n) is 4.45. The lowest BCUT2D eigenvalue weighted by molar-refractivity contribution is 0.287. The van der Waals surface area contributed by atoms with Gasteiger partial charge in [0.2, 0.25) is 0 Å². The standard InChI is InChI=1S/C14H19NO2S/c16-18(17)9-7-14(11-18)6-8-15-13(14)10-12-4-2-1-3-5-12/h1-5,13,15H,6-11H2. The van der Waals surface area contributed by atoms with Crippen molar-refractivity contribution < 1.29 is 8.42 Å². The van der Waals surface area contributed by atoms with Gasteiger partial charge in [-0.15, -0.1) is 0 Å². The second-order valence-corrected chi connectivity index (χ2v) is 7.83. The van der Waals surface area contributed by atoms with E-state index in [2.05, 4.69) is 17.4 Å². The topological polar surface area (TPSA) is 46.2 Å². The van der Waals surface area contributed by atoms with E-state index in [0.29, 0.717) is 17.5 Å². The maximum atomic E-state index is 11.8. The fourth-order valence-electron chi connectivity index (χ4n) is 3.44. The molecule has 3 rings (SSSR count). The van der Waals surface area contributed by atoms with E-state index in [0.717, 1.165) is 25.8 Å². The van der Waals surface area contributed by atoms with Crippen molar-refractivity contribution in [3.8, 4) is 0 Å². The van der Waals surface area contributed by atoms with Crippen molar-refractivity contribution in [3.63, 3.8) is 0 Å². The summed E-state index contributed by atoms with van der Waals surface area (Å²) in [6.45, 7) is 0.951. The van der Waals surface area contributed by atoms with Crippen molar-refractivity contribution in [2.24, 2.45) is 5.41 Å². The van der Waals surface area contributed by atoms with E-state index in [-0.39, 0.29) is 5.41 Å². The van der Waals surface area contributed by atoms with Gasteiger partial charge in [-0.1, -0.05) is 30.3 Å². The molecule has 2 aliphatic heterocycles. The normalized spacial score (nSPS) is 34.1. The summed E-state index contributed by atoms with van der Waals surface area (Å²) >= 11 is 0. The number of nitrogens with one attached hydrogen (secondary N) is 1. The summed E-state index contributed by atoms with van der Waals surface area (Å²) in [5, 5.41) is 3.51. The van der Waals surface area contributed by atoms with Crippen LogP contribution < -0.4 is 5.32 Å². The van der Waals surface area contributed by atoms with Crippen molar-refractivity contribution in [2.75, 3.05) is 18.1 Å². The van der Waals surface area contributed by atoms with Gasteiger partial charge in [0, 0.05) is 11.5 Å². The number of rotatable bonds is 2. The molecule has 2 fully saturated rings. The van der Waals surface area contributed by atoms with Crippen molar-refractivity contribution in [3.05, 3.63) is 35.9 Å². The van der Waals surface area contributed by atoms with Crippen molar-refractivity contribution in [1.29, 1.82) is 0 Å². The summed E-state index contributed by atoms with van der Waals surface area (Å²) in [7, 11) is -2.80. The second kappa shape index (κ2) is 4.35. The van der Waals surface area contributed by atoms with Crippen LogP contribution in [-0.4, -0.2) is 32.5 Å². The van der Waals surface area contributed by atoms with Gasteiger partial charge in [0.05, 0.1) is 11.5 Å². The van der Waals surface area contributed by atoms with Crippen molar-refractivity contribution in [2.45, 2.75) is 25.3 Å². The highest BCUT2D eigenvalue weighted by Gasteiger charge is 2.49. The fourth-order valence-corrected chi connectivity index (χ4v) is 5.67. The summed E-state index contributed by atoms with van der Waals surface area (Å²) in [4.78, 5) is 0. The summed E-state index contributed by atoms with van der Waals surface area (Å²) in [6, 6.07) is 10.7. The maximum Gasteiger partial charge on any atom is 0.150 e. The number of hydrogen-bond donors (Lipinski definition) is 1. The molecule has 2 atom stereocenters. The van der Waals surface area contributed by atoms with Crippen LogP contribution in [0.3, 0.4) is 0 Å². The van der Waals surface area contributed by atoms with Crippen LogP contribution in [-0.2, 0) is 16.3 Å². The van der Waals surface area contributed by atoms with Crippen LogP contribution in [0.4, 0.5) is 0 Å². The highest BCUT2D eigenvalue weighted by molar-refractivity contribution is 7.91. The first-order chi connectivity index (χ1) is 8.60. The Morgan fingerprint density at radius 3 is 2.67 bits per heavy atom. The molecule has 1 aromatic rings. The van der Waals surface area contributed by atoms with Crippen LogP contribution in [0.2, 0.25) is 0 Å². The molecule has 98 valence electrons. The largest absolute Gasteiger partial charge is 0.313 e. The van der Waals surface area contributed by atoms with E-state index in [1.54, 1.807) is 0 Å². The van der Waals surface area contributed by atoms with Gasteiger partial charge in [-0.3, -0.25) is 0 Å². The van der Waals surface area contributed by atoms with E-state index in [1.165, 1.54) is 5.56 Å². The molecular formula is C14H19NO2S. The minimum absolute atomic E-state index is 0.00528.